The van der Waals surface area contributed by atoms with Crippen molar-refractivity contribution >= 4 is 0 Å². The highest BCUT2D eigenvalue weighted by Gasteiger charge is 2.17. The molecule has 0 aliphatic rings. The third-order valence-electron chi connectivity index (χ3n) is 3.37. The average Bonchev–Trinajstić information content (AvgIpc) is 2.34. The molecule has 2 heteroatoms. The lowest BCUT2D eigenvalue weighted by Gasteiger charge is -2.04. The van der Waals surface area contributed by atoms with Gasteiger partial charge in [-0.3, -0.25) is 0 Å². The Morgan fingerprint density at radius 2 is 1.21 bits per heavy atom. The van der Waals surface area contributed by atoms with Gasteiger partial charge in [0.1, 0.15) is 0 Å². The first-order chi connectivity index (χ1) is 9.06. The van der Waals surface area contributed by atoms with E-state index in [4.69, 9.17) is 0 Å². The van der Waals surface area contributed by atoms with Crippen molar-refractivity contribution in [2.75, 3.05) is 0 Å². The summed E-state index contributed by atoms with van der Waals surface area (Å²) in [5, 5.41) is 0. The van der Waals surface area contributed by atoms with Crippen molar-refractivity contribution in [3.05, 3.63) is 12.2 Å². The molecule has 0 nitrogen and oxygen atoms in total. The van der Waals surface area contributed by atoms with Crippen LogP contribution in [0.4, 0.5) is 8.78 Å². The van der Waals surface area contributed by atoms with Gasteiger partial charge in [0.25, 0.3) is 0 Å². The number of hydrogen-bond acceptors (Lipinski definition) is 0. The van der Waals surface area contributed by atoms with E-state index in [-0.39, 0.29) is 6.42 Å². The number of unbranched alkanes of at least 4 members (excludes halogenated alkanes) is 10. The van der Waals surface area contributed by atoms with Gasteiger partial charge in [-0.25, -0.2) is 8.78 Å². The molecule has 0 aromatic heterocycles. The summed E-state index contributed by atoms with van der Waals surface area (Å²) in [5.74, 6) is -2.55. The van der Waals surface area contributed by atoms with E-state index in [9.17, 15) is 8.78 Å². The third-order valence-corrected chi connectivity index (χ3v) is 3.37. The van der Waals surface area contributed by atoms with Gasteiger partial charge in [-0.2, -0.15) is 0 Å². The van der Waals surface area contributed by atoms with Gasteiger partial charge >= 0.3 is 0 Å². The fraction of sp³-hybridized carbons (Fsp3) is 0.882. The first-order valence-corrected chi connectivity index (χ1v) is 8.09. The van der Waals surface area contributed by atoms with Gasteiger partial charge in [0, 0.05) is 6.42 Å². The lowest BCUT2D eigenvalue weighted by atomic mass is 10.1. The predicted molar refractivity (Wildman–Crippen MR) is 80.8 cm³/mol. The van der Waals surface area contributed by atoms with Gasteiger partial charge in [0.05, 0.1) is 0 Å². The van der Waals surface area contributed by atoms with Crippen LogP contribution in [0.2, 0.25) is 0 Å². The highest BCUT2D eigenvalue weighted by atomic mass is 19.3. The molecule has 19 heavy (non-hydrogen) atoms. The highest BCUT2D eigenvalue weighted by Crippen LogP contribution is 2.17. The topological polar surface area (TPSA) is 0 Å². The molecule has 0 aromatic rings. The van der Waals surface area contributed by atoms with Crippen molar-refractivity contribution in [1.29, 1.82) is 0 Å². The predicted octanol–water partition coefficient (Wildman–Crippen LogP) is 6.90. The normalized spacial score (nSPS) is 12.4. The Kier molecular flexibility index (Phi) is 12.4. The second-order valence-electron chi connectivity index (χ2n) is 5.72. The molecule has 114 valence electrons. The lowest BCUT2D eigenvalue weighted by molar-refractivity contribution is 0.0254. The van der Waals surface area contributed by atoms with E-state index in [0.29, 0.717) is 0 Å². The minimum absolute atomic E-state index is 0.120. The molecule has 0 heterocycles. The molecule has 0 saturated carbocycles. The molecule has 0 radical (unpaired) electrons. The fourth-order valence-corrected chi connectivity index (χ4v) is 2.16. The van der Waals surface area contributed by atoms with Crippen LogP contribution < -0.4 is 0 Å². The summed E-state index contributed by atoms with van der Waals surface area (Å²) in [4.78, 5) is 0. The SMILES string of the molecule is CCCCCCCCCCCC/C=C\CC(C)(F)F. The number of hydrogen-bond donors (Lipinski definition) is 0. The summed E-state index contributed by atoms with van der Waals surface area (Å²) in [7, 11) is 0. The summed E-state index contributed by atoms with van der Waals surface area (Å²) in [6, 6.07) is 0. The van der Waals surface area contributed by atoms with E-state index in [1.807, 2.05) is 6.08 Å². The van der Waals surface area contributed by atoms with Gasteiger partial charge in [-0.1, -0.05) is 76.9 Å². The zero-order valence-electron chi connectivity index (χ0n) is 12.9. The van der Waals surface area contributed by atoms with Crippen LogP contribution in [0.1, 0.15) is 90.9 Å². The number of allylic oxidation sites excluding steroid dienone is 2. The van der Waals surface area contributed by atoms with Crippen molar-refractivity contribution in [3.63, 3.8) is 0 Å². The van der Waals surface area contributed by atoms with Gasteiger partial charge < -0.3 is 0 Å². The third kappa shape index (κ3) is 17.6. The van der Waals surface area contributed by atoms with Crippen LogP contribution in [0, 0.1) is 0 Å². The van der Waals surface area contributed by atoms with Gasteiger partial charge in [0.2, 0.25) is 5.92 Å². The van der Waals surface area contributed by atoms with Crippen LogP contribution in [-0.2, 0) is 0 Å². The Morgan fingerprint density at radius 3 is 1.68 bits per heavy atom. The van der Waals surface area contributed by atoms with Crippen LogP contribution in [-0.4, -0.2) is 5.92 Å². The molecule has 0 amide bonds. The maximum absolute atomic E-state index is 12.5. The van der Waals surface area contributed by atoms with Crippen LogP contribution in [0.5, 0.6) is 0 Å². The Balaban J connectivity index is 3.11. The van der Waals surface area contributed by atoms with E-state index in [1.54, 1.807) is 6.08 Å². The molecule has 0 aliphatic heterocycles. The highest BCUT2D eigenvalue weighted by molar-refractivity contribution is 4.85. The number of halogens is 2. The fourth-order valence-electron chi connectivity index (χ4n) is 2.16. The van der Waals surface area contributed by atoms with Gasteiger partial charge in [-0.05, 0) is 19.8 Å². The molecule has 0 aromatic carbocycles. The maximum Gasteiger partial charge on any atom is 0.248 e. The molecule has 0 saturated heterocycles. The van der Waals surface area contributed by atoms with Crippen molar-refractivity contribution in [3.8, 4) is 0 Å². The Bertz CT molecular complexity index is 204. The lowest BCUT2D eigenvalue weighted by Crippen LogP contribution is -2.06. The summed E-state index contributed by atoms with van der Waals surface area (Å²) in [6.45, 7) is 3.22. The van der Waals surface area contributed by atoms with Crippen LogP contribution in [0.3, 0.4) is 0 Å². The van der Waals surface area contributed by atoms with E-state index < -0.39 is 5.92 Å². The van der Waals surface area contributed by atoms with E-state index in [2.05, 4.69) is 6.92 Å². The second-order valence-corrected chi connectivity index (χ2v) is 5.72. The van der Waals surface area contributed by atoms with Crippen molar-refractivity contribution in [1.82, 2.24) is 0 Å². The molecular formula is C17H32F2. The monoisotopic (exact) mass is 274 g/mol. The van der Waals surface area contributed by atoms with Crippen molar-refractivity contribution in [2.45, 2.75) is 96.8 Å². The first kappa shape index (κ1) is 18.6. The molecule has 0 atom stereocenters. The van der Waals surface area contributed by atoms with E-state index >= 15 is 0 Å². The average molecular weight is 274 g/mol. The van der Waals surface area contributed by atoms with Gasteiger partial charge in [-0.15, -0.1) is 0 Å². The summed E-state index contributed by atoms with van der Waals surface area (Å²) in [6.07, 6.45) is 17.6. The Morgan fingerprint density at radius 1 is 0.737 bits per heavy atom. The van der Waals surface area contributed by atoms with E-state index in [1.165, 1.54) is 57.8 Å². The van der Waals surface area contributed by atoms with Crippen molar-refractivity contribution < 1.29 is 8.78 Å². The molecule has 0 rings (SSSR count). The zero-order chi connectivity index (χ0) is 14.4. The largest absolute Gasteiger partial charge is 0.248 e. The summed E-state index contributed by atoms with van der Waals surface area (Å²) < 4.78 is 25.0. The molecule has 0 aliphatic carbocycles. The smallest absolute Gasteiger partial charge is 0.207 e. The molecule has 0 spiro atoms. The Hall–Kier alpha value is -0.400. The standard InChI is InChI=1S/C17H32F2/c1-3-4-5-6-7-8-9-10-11-12-13-14-15-16-17(2,18)19/h14-15H,3-13,16H2,1-2H3/b15-14-. The minimum Gasteiger partial charge on any atom is -0.207 e. The minimum atomic E-state index is -2.55. The quantitative estimate of drug-likeness (QED) is 0.253. The van der Waals surface area contributed by atoms with E-state index in [0.717, 1.165) is 19.8 Å². The van der Waals surface area contributed by atoms with Gasteiger partial charge in [0.15, 0.2) is 0 Å². The summed E-state index contributed by atoms with van der Waals surface area (Å²) >= 11 is 0. The molecule has 0 N–H and O–H groups in total. The number of alkyl halides is 2. The zero-order valence-corrected chi connectivity index (χ0v) is 12.9. The number of rotatable bonds is 13. The van der Waals surface area contributed by atoms with Crippen LogP contribution >= 0.6 is 0 Å². The summed E-state index contributed by atoms with van der Waals surface area (Å²) in [5.41, 5.74) is 0. The van der Waals surface area contributed by atoms with Crippen molar-refractivity contribution in [2.24, 2.45) is 0 Å². The molecule has 0 fully saturated rings. The molecular weight excluding hydrogens is 242 g/mol. The maximum atomic E-state index is 12.5. The second kappa shape index (κ2) is 12.6. The van der Waals surface area contributed by atoms with Crippen LogP contribution in [0.15, 0.2) is 12.2 Å². The molecule has 0 bridgehead atoms. The first-order valence-electron chi connectivity index (χ1n) is 8.09. The Labute approximate surface area is 118 Å². The molecule has 0 unspecified atom stereocenters. The van der Waals surface area contributed by atoms with Crippen LogP contribution in [0.25, 0.3) is 0 Å².